The molecule has 3 heteroatoms. The smallest absolute Gasteiger partial charge is 0.0784 e. The van der Waals surface area contributed by atoms with Gasteiger partial charge in [-0.05, 0) is 32.7 Å². The third kappa shape index (κ3) is 2.51. The number of ether oxygens (including phenoxy) is 2. The summed E-state index contributed by atoms with van der Waals surface area (Å²) in [6.45, 7) is 6.10. The Balaban J connectivity index is 1.91. The van der Waals surface area contributed by atoms with Crippen LogP contribution >= 0.6 is 0 Å². The Hall–Kier alpha value is -0.120. The predicted molar refractivity (Wildman–Crippen MR) is 69.2 cm³/mol. The molecule has 0 bridgehead atoms. The van der Waals surface area contributed by atoms with E-state index >= 15 is 0 Å². The summed E-state index contributed by atoms with van der Waals surface area (Å²) in [6, 6.07) is 0.690. The lowest BCUT2D eigenvalue weighted by atomic mass is 9.60. The van der Waals surface area contributed by atoms with Crippen molar-refractivity contribution in [3.8, 4) is 0 Å². The van der Waals surface area contributed by atoms with E-state index in [2.05, 4.69) is 19.2 Å². The summed E-state index contributed by atoms with van der Waals surface area (Å²) >= 11 is 0. The second-order valence-electron chi connectivity index (χ2n) is 5.68. The molecule has 0 heterocycles. The van der Waals surface area contributed by atoms with E-state index in [4.69, 9.17) is 9.47 Å². The summed E-state index contributed by atoms with van der Waals surface area (Å²) in [7, 11) is 1.74. The molecule has 3 unspecified atom stereocenters. The van der Waals surface area contributed by atoms with Gasteiger partial charge in [-0.15, -0.1) is 0 Å². The molecule has 3 nitrogen and oxygen atoms in total. The molecule has 1 N–H and O–H groups in total. The van der Waals surface area contributed by atoms with Crippen LogP contribution in [0.1, 0.15) is 46.0 Å². The summed E-state index contributed by atoms with van der Waals surface area (Å²) in [5.41, 5.74) is 0.442. The number of rotatable bonds is 6. The molecular weight excluding hydrogens is 214 g/mol. The second kappa shape index (κ2) is 5.68. The van der Waals surface area contributed by atoms with Crippen molar-refractivity contribution < 1.29 is 9.47 Å². The lowest BCUT2D eigenvalue weighted by molar-refractivity contribution is -0.165. The van der Waals surface area contributed by atoms with Crippen LogP contribution in [0.5, 0.6) is 0 Å². The fourth-order valence-corrected chi connectivity index (χ4v) is 3.73. The summed E-state index contributed by atoms with van der Waals surface area (Å²) in [6.07, 6.45) is 7.30. The molecule has 2 rings (SSSR count). The fraction of sp³-hybridized carbons (Fsp3) is 1.00. The monoisotopic (exact) mass is 241 g/mol. The summed E-state index contributed by atoms with van der Waals surface area (Å²) in [4.78, 5) is 0. The highest BCUT2D eigenvalue weighted by atomic mass is 16.5. The van der Waals surface area contributed by atoms with Gasteiger partial charge in [-0.3, -0.25) is 0 Å². The van der Waals surface area contributed by atoms with Crippen LogP contribution in [0.3, 0.4) is 0 Å². The molecule has 0 aliphatic heterocycles. The Morgan fingerprint density at radius 1 is 1.35 bits per heavy atom. The van der Waals surface area contributed by atoms with Gasteiger partial charge in [0.05, 0.1) is 18.8 Å². The van der Waals surface area contributed by atoms with Gasteiger partial charge in [0, 0.05) is 18.6 Å². The average Bonchev–Trinajstić information content (AvgIpc) is 2.80. The zero-order valence-electron chi connectivity index (χ0n) is 11.5. The molecule has 3 atom stereocenters. The van der Waals surface area contributed by atoms with Crippen molar-refractivity contribution in [1.82, 2.24) is 5.32 Å². The van der Waals surface area contributed by atoms with Gasteiger partial charge < -0.3 is 14.8 Å². The van der Waals surface area contributed by atoms with Crippen LogP contribution < -0.4 is 5.32 Å². The molecule has 0 aromatic rings. The van der Waals surface area contributed by atoms with Gasteiger partial charge >= 0.3 is 0 Å². The summed E-state index contributed by atoms with van der Waals surface area (Å²) in [5, 5.41) is 3.64. The van der Waals surface area contributed by atoms with E-state index in [1.165, 1.54) is 32.1 Å². The Labute approximate surface area is 105 Å². The molecule has 0 radical (unpaired) electrons. The largest absolute Gasteiger partial charge is 0.382 e. The van der Waals surface area contributed by atoms with E-state index in [0.717, 1.165) is 6.54 Å². The molecule has 2 fully saturated rings. The van der Waals surface area contributed by atoms with Crippen LogP contribution in [-0.4, -0.2) is 38.5 Å². The van der Waals surface area contributed by atoms with Gasteiger partial charge in [0.15, 0.2) is 0 Å². The maximum Gasteiger partial charge on any atom is 0.0784 e. The van der Waals surface area contributed by atoms with Crippen LogP contribution in [0.4, 0.5) is 0 Å². The van der Waals surface area contributed by atoms with Crippen LogP contribution in [-0.2, 0) is 9.47 Å². The highest BCUT2D eigenvalue weighted by molar-refractivity contribution is 5.10. The van der Waals surface area contributed by atoms with Crippen LogP contribution in [0, 0.1) is 5.41 Å². The Bertz CT molecular complexity index is 238. The van der Waals surface area contributed by atoms with E-state index in [-0.39, 0.29) is 6.10 Å². The number of hydrogen-bond donors (Lipinski definition) is 1. The standard InChI is InChI=1S/C14H27NO2/c1-4-15-12-9-13(17-11(2)10-16-3)14(12)7-5-6-8-14/h11-13,15H,4-10H2,1-3H3. The first-order valence-electron chi connectivity index (χ1n) is 7.10. The highest BCUT2D eigenvalue weighted by Gasteiger charge is 2.56. The minimum Gasteiger partial charge on any atom is -0.382 e. The van der Waals surface area contributed by atoms with E-state index in [1.54, 1.807) is 7.11 Å². The second-order valence-corrected chi connectivity index (χ2v) is 5.68. The first-order valence-corrected chi connectivity index (χ1v) is 7.10. The van der Waals surface area contributed by atoms with Crippen molar-refractivity contribution in [2.75, 3.05) is 20.3 Å². The SMILES string of the molecule is CCNC1CC(OC(C)COC)C12CCCC2. The van der Waals surface area contributed by atoms with Crippen molar-refractivity contribution in [1.29, 1.82) is 0 Å². The third-order valence-electron chi connectivity index (χ3n) is 4.57. The molecule has 1 spiro atoms. The van der Waals surface area contributed by atoms with Crippen LogP contribution in [0.2, 0.25) is 0 Å². The van der Waals surface area contributed by atoms with Crippen molar-refractivity contribution in [2.45, 2.75) is 64.2 Å². The molecule has 0 saturated heterocycles. The molecule has 2 saturated carbocycles. The maximum atomic E-state index is 6.18. The zero-order chi connectivity index (χ0) is 12.3. The third-order valence-corrected chi connectivity index (χ3v) is 4.57. The number of hydrogen-bond acceptors (Lipinski definition) is 3. The van der Waals surface area contributed by atoms with Crippen molar-refractivity contribution in [3.05, 3.63) is 0 Å². The zero-order valence-corrected chi connectivity index (χ0v) is 11.5. The van der Waals surface area contributed by atoms with Crippen molar-refractivity contribution in [3.63, 3.8) is 0 Å². The quantitative estimate of drug-likeness (QED) is 0.774. The lowest BCUT2D eigenvalue weighted by Crippen LogP contribution is -2.63. The molecule has 0 amide bonds. The lowest BCUT2D eigenvalue weighted by Gasteiger charge is -2.55. The molecule has 17 heavy (non-hydrogen) atoms. The van der Waals surface area contributed by atoms with Gasteiger partial charge in [-0.1, -0.05) is 19.8 Å². The maximum absolute atomic E-state index is 6.18. The first kappa shape index (κ1) is 13.3. The van der Waals surface area contributed by atoms with Crippen LogP contribution in [0.15, 0.2) is 0 Å². The predicted octanol–water partition coefficient (Wildman–Crippen LogP) is 2.35. The van der Waals surface area contributed by atoms with Gasteiger partial charge in [-0.25, -0.2) is 0 Å². The molecular formula is C14H27NO2. The summed E-state index contributed by atoms with van der Waals surface area (Å²) in [5.74, 6) is 0. The van der Waals surface area contributed by atoms with Crippen molar-refractivity contribution >= 4 is 0 Å². The Kier molecular flexibility index (Phi) is 4.45. The molecule has 0 aromatic heterocycles. The van der Waals surface area contributed by atoms with Gasteiger partial charge in [0.1, 0.15) is 0 Å². The average molecular weight is 241 g/mol. The topological polar surface area (TPSA) is 30.5 Å². The van der Waals surface area contributed by atoms with E-state index in [9.17, 15) is 0 Å². The van der Waals surface area contributed by atoms with E-state index in [0.29, 0.717) is 24.2 Å². The molecule has 100 valence electrons. The van der Waals surface area contributed by atoms with Crippen molar-refractivity contribution in [2.24, 2.45) is 5.41 Å². The summed E-state index contributed by atoms with van der Waals surface area (Å²) < 4.78 is 11.3. The molecule has 0 aromatic carbocycles. The van der Waals surface area contributed by atoms with Gasteiger partial charge in [0.2, 0.25) is 0 Å². The first-order chi connectivity index (χ1) is 8.23. The van der Waals surface area contributed by atoms with Gasteiger partial charge in [0.25, 0.3) is 0 Å². The Morgan fingerprint density at radius 3 is 2.65 bits per heavy atom. The number of methoxy groups -OCH3 is 1. The molecule has 2 aliphatic rings. The number of nitrogens with one attached hydrogen (secondary N) is 1. The minimum atomic E-state index is 0.227. The Morgan fingerprint density at radius 2 is 2.06 bits per heavy atom. The normalized spacial score (nSPS) is 32.6. The minimum absolute atomic E-state index is 0.227. The van der Waals surface area contributed by atoms with Crippen LogP contribution in [0.25, 0.3) is 0 Å². The van der Waals surface area contributed by atoms with E-state index in [1.807, 2.05) is 0 Å². The fourth-order valence-electron chi connectivity index (χ4n) is 3.73. The highest BCUT2D eigenvalue weighted by Crippen LogP contribution is 2.54. The molecule has 2 aliphatic carbocycles. The van der Waals surface area contributed by atoms with E-state index < -0.39 is 0 Å². The van der Waals surface area contributed by atoms with Gasteiger partial charge in [-0.2, -0.15) is 0 Å².